The Labute approximate surface area is 234 Å². The van der Waals surface area contributed by atoms with Crippen LogP contribution in [0, 0.1) is 0 Å². The summed E-state index contributed by atoms with van der Waals surface area (Å²) in [5, 5.41) is 2.84. The van der Waals surface area contributed by atoms with Gasteiger partial charge in [-0.25, -0.2) is 14.8 Å². The van der Waals surface area contributed by atoms with Gasteiger partial charge in [0.2, 0.25) is 5.88 Å². The number of hydrogen-bond donors (Lipinski definition) is 1. The third kappa shape index (κ3) is 5.77. The van der Waals surface area contributed by atoms with Crippen LogP contribution in [0.25, 0.3) is 11.4 Å². The highest BCUT2D eigenvalue weighted by atomic mass is 19.4. The van der Waals surface area contributed by atoms with E-state index >= 15 is 0 Å². The Balaban J connectivity index is 1.24. The van der Waals surface area contributed by atoms with Crippen molar-refractivity contribution < 1.29 is 32.2 Å². The number of carbonyl (C=O) groups is 1. The molecule has 6 rings (SSSR count). The van der Waals surface area contributed by atoms with Crippen LogP contribution in [0.5, 0.6) is 5.88 Å². The number of alkyl halides is 3. The second-order valence-corrected chi connectivity index (χ2v) is 10.6. The maximum atomic E-state index is 13.7. The van der Waals surface area contributed by atoms with E-state index < -0.39 is 23.6 Å². The minimum absolute atomic E-state index is 0.101. The van der Waals surface area contributed by atoms with Crippen molar-refractivity contribution in [2.24, 2.45) is 0 Å². The smallest absolute Gasteiger partial charge is 0.416 e. The highest BCUT2D eigenvalue weighted by Crippen LogP contribution is 2.39. The predicted octanol–water partition coefficient (Wildman–Crippen LogP) is 5.11. The van der Waals surface area contributed by atoms with Gasteiger partial charge in [0.25, 0.3) is 0 Å². The lowest BCUT2D eigenvalue weighted by molar-refractivity contribution is -0.141. The maximum absolute atomic E-state index is 13.7. The molecule has 2 aromatic heterocycles. The first-order valence-electron chi connectivity index (χ1n) is 13.4. The minimum atomic E-state index is -4.50. The minimum Gasteiger partial charge on any atom is -0.475 e. The average molecular weight is 571 g/mol. The Kier molecular flexibility index (Phi) is 6.94. The number of pyridine rings is 1. The third-order valence-corrected chi connectivity index (χ3v) is 7.19. The molecule has 3 aliphatic heterocycles. The van der Waals surface area contributed by atoms with E-state index in [1.807, 2.05) is 13.8 Å². The van der Waals surface area contributed by atoms with Gasteiger partial charge < -0.3 is 19.1 Å². The molecule has 2 saturated heterocycles. The molecule has 0 spiro atoms. The van der Waals surface area contributed by atoms with E-state index in [9.17, 15) is 18.0 Å². The van der Waals surface area contributed by atoms with E-state index in [0.717, 1.165) is 31.5 Å². The van der Waals surface area contributed by atoms with Crippen LogP contribution in [0.1, 0.15) is 32.3 Å². The molecule has 0 radical (unpaired) electrons. The Morgan fingerprint density at radius 2 is 2.02 bits per heavy atom. The number of urea groups is 1. The summed E-state index contributed by atoms with van der Waals surface area (Å²) in [5.41, 5.74) is 0.0642. The van der Waals surface area contributed by atoms with E-state index in [4.69, 9.17) is 14.2 Å². The topological polar surface area (TPSA) is 102 Å². The van der Waals surface area contributed by atoms with E-state index in [2.05, 4.69) is 25.2 Å². The van der Waals surface area contributed by atoms with E-state index in [0.29, 0.717) is 30.5 Å². The number of piperidine rings is 1. The molecule has 1 aromatic carbocycles. The standard InChI is InChI=1S/C28H29F3N6O4/c1-27(2)40-16-20(41-27)15-39-23-10-4-9-22(33-23)34-26(38)37-19-8-5-11-36(14-19)21-13-32-24(35-25(21)37)17-6-3-7-18(12-17)28(29,30)31/h3-4,6-7,9-10,12-13,19-20H,5,8,11,14-16H2,1-2H3,(H,33,34,38)/t19-,20-/m0/s1. The number of amides is 2. The fraction of sp³-hybridized carbons (Fsp3) is 0.429. The molecule has 2 bridgehead atoms. The van der Waals surface area contributed by atoms with Gasteiger partial charge in [-0.3, -0.25) is 10.2 Å². The number of carbonyl (C=O) groups excluding carboxylic acids is 1. The largest absolute Gasteiger partial charge is 0.475 e. The number of nitrogens with one attached hydrogen (secondary N) is 1. The number of hydrogen-bond acceptors (Lipinski definition) is 8. The average Bonchev–Trinajstić information content (AvgIpc) is 3.30. The Hall–Kier alpha value is -3.97. The first-order valence-corrected chi connectivity index (χ1v) is 13.4. The SMILES string of the molecule is CC1(C)OC[C@H](COc2cccc(NC(=O)N3c4nc(-c5cccc(C(F)(F)F)c5)ncc4N4CCC[C@H]3C4)n2)O1. The summed E-state index contributed by atoms with van der Waals surface area (Å²) in [7, 11) is 0. The van der Waals surface area contributed by atoms with Gasteiger partial charge in [-0.2, -0.15) is 18.2 Å². The molecular formula is C28H29F3N6O4. The molecule has 3 aromatic rings. The van der Waals surface area contributed by atoms with Gasteiger partial charge in [0.1, 0.15) is 18.5 Å². The van der Waals surface area contributed by atoms with Crippen molar-refractivity contribution in [3.05, 3.63) is 54.2 Å². The lowest BCUT2D eigenvalue weighted by Crippen LogP contribution is -2.56. The number of ether oxygens (including phenoxy) is 3. The Morgan fingerprint density at radius 3 is 2.80 bits per heavy atom. The molecule has 0 aliphatic carbocycles. The van der Waals surface area contributed by atoms with Gasteiger partial charge in [-0.1, -0.05) is 18.2 Å². The molecule has 13 heteroatoms. The molecule has 0 saturated carbocycles. The molecule has 5 heterocycles. The number of benzene rings is 1. The number of rotatable bonds is 5. The van der Waals surface area contributed by atoms with Gasteiger partial charge >= 0.3 is 12.2 Å². The summed E-state index contributed by atoms with van der Waals surface area (Å²) in [5.74, 6) is 0.371. The fourth-order valence-electron chi connectivity index (χ4n) is 5.32. The Morgan fingerprint density at radius 1 is 1.20 bits per heavy atom. The molecule has 2 atom stereocenters. The van der Waals surface area contributed by atoms with Crippen molar-refractivity contribution in [3.8, 4) is 17.3 Å². The van der Waals surface area contributed by atoms with Crippen LogP contribution >= 0.6 is 0 Å². The summed E-state index contributed by atoms with van der Waals surface area (Å²) in [6, 6.07) is 9.26. The monoisotopic (exact) mass is 570 g/mol. The van der Waals surface area contributed by atoms with Crippen molar-refractivity contribution >= 4 is 23.4 Å². The van der Waals surface area contributed by atoms with Gasteiger partial charge in [0.15, 0.2) is 17.4 Å². The summed E-state index contributed by atoms with van der Waals surface area (Å²) in [6.07, 6.45) is -1.55. The summed E-state index contributed by atoms with van der Waals surface area (Å²) in [4.78, 5) is 30.7. The van der Waals surface area contributed by atoms with E-state index in [-0.39, 0.29) is 36.0 Å². The summed E-state index contributed by atoms with van der Waals surface area (Å²) < 4.78 is 57.1. The number of aromatic nitrogens is 3. The lowest BCUT2D eigenvalue weighted by Gasteiger charge is -2.45. The highest BCUT2D eigenvalue weighted by molar-refractivity contribution is 6.04. The fourth-order valence-corrected chi connectivity index (χ4v) is 5.32. The molecule has 0 unspecified atom stereocenters. The molecule has 41 heavy (non-hydrogen) atoms. The molecule has 2 amide bonds. The van der Waals surface area contributed by atoms with Crippen molar-refractivity contribution in [3.63, 3.8) is 0 Å². The van der Waals surface area contributed by atoms with Gasteiger partial charge in [0.05, 0.1) is 30.1 Å². The summed E-state index contributed by atoms with van der Waals surface area (Å²) in [6.45, 7) is 5.68. The van der Waals surface area contributed by atoms with Crippen molar-refractivity contribution in [2.75, 3.05) is 41.4 Å². The zero-order valence-electron chi connectivity index (χ0n) is 22.5. The van der Waals surface area contributed by atoms with Crippen molar-refractivity contribution in [1.82, 2.24) is 15.0 Å². The van der Waals surface area contributed by atoms with Gasteiger partial charge in [0, 0.05) is 24.7 Å². The van der Waals surface area contributed by atoms with Crippen LogP contribution in [0.2, 0.25) is 0 Å². The van der Waals surface area contributed by atoms with Crippen LogP contribution in [0.4, 0.5) is 35.3 Å². The van der Waals surface area contributed by atoms with Crippen LogP contribution in [0.3, 0.4) is 0 Å². The molecular weight excluding hydrogens is 541 g/mol. The molecule has 216 valence electrons. The molecule has 2 fully saturated rings. The molecule has 1 N–H and O–H groups in total. The second kappa shape index (κ2) is 10.5. The van der Waals surface area contributed by atoms with E-state index in [1.165, 1.54) is 12.1 Å². The van der Waals surface area contributed by atoms with Gasteiger partial charge in [-0.05, 0) is 44.9 Å². The van der Waals surface area contributed by atoms with Crippen LogP contribution in [0.15, 0.2) is 48.7 Å². The molecule has 10 nitrogen and oxygen atoms in total. The highest BCUT2D eigenvalue weighted by Gasteiger charge is 2.39. The van der Waals surface area contributed by atoms with Crippen LogP contribution in [-0.2, 0) is 15.7 Å². The van der Waals surface area contributed by atoms with E-state index in [1.54, 1.807) is 29.3 Å². The number of fused-ring (bicyclic) bond motifs is 4. The quantitative estimate of drug-likeness (QED) is 0.452. The number of anilines is 3. The first kappa shape index (κ1) is 27.2. The normalized spacial score (nSPS) is 21.4. The van der Waals surface area contributed by atoms with Crippen molar-refractivity contribution in [2.45, 2.75) is 50.8 Å². The van der Waals surface area contributed by atoms with Crippen LogP contribution in [-0.4, -0.2) is 65.2 Å². The number of nitrogens with zero attached hydrogens (tertiary/aromatic N) is 5. The molecule has 3 aliphatic rings. The predicted molar refractivity (Wildman–Crippen MR) is 144 cm³/mol. The third-order valence-electron chi connectivity index (χ3n) is 7.19. The first-order chi connectivity index (χ1) is 19.6. The van der Waals surface area contributed by atoms with Gasteiger partial charge in [-0.15, -0.1) is 0 Å². The lowest BCUT2D eigenvalue weighted by atomic mass is 10.0. The zero-order chi connectivity index (χ0) is 28.8. The van der Waals surface area contributed by atoms with Crippen LogP contribution < -0.4 is 19.9 Å². The summed E-state index contributed by atoms with van der Waals surface area (Å²) >= 11 is 0. The van der Waals surface area contributed by atoms with Crippen molar-refractivity contribution in [1.29, 1.82) is 0 Å². The second-order valence-electron chi connectivity index (χ2n) is 10.6. The maximum Gasteiger partial charge on any atom is 0.416 e. The number of halogens is 3. The Bertz CT molecular complexity index is 1450. The zero-order valence-corrected chi connectivity index (χ0v) is 22.5.